The lowest BCUT2D eigenvalue weighted by atomic mass is 10.0. The Balaban J connectivity index is 2.28. The van der Waals surface area contributed by atoms with Gasteiger partial charge < -0.3 is 20.7 Å². The van der Waals surface area contributed by atoms with Crippen LogP contribution >= 0.6 is 0 Å². The van der Waals surface area contributed by atoms with Gasteiger partial charge in [0.1, 0.15) is 11.9 Å². The Hall–Kier alpha value is -1.69. The van der Waals surface area contributed by atoms with Crippen LogP contribution < -0.4 is 10.6 Å². The quantitative estimate of drug-likeness (QED) is 0.647. The third-order valence-electron chi connectivity index (χ3n) is 3.74. The molecule has 2 rings (SSSR count). The van der Waals surface area contributed by atoms with Gasteiger partial charge >= 0.3 is 5.82 Å². The Morgan fingerprint density at radius 2 is 2.39 bits per heavy atom. The van der Waals surface area contributed by atoms with Crippen LogP contribution in [0, 0.1) is 16.0 Å². The summed E-state index contributed by atoms with van der Waals surface area (Å²) in [5.41, 5.74) is 6.34. The Kier molecular flexibility index (Phi) is 3.76. The molecule has 0 amide bonds. The van der Waals surface area contributed by atoms with Crippen LogP contribution in [0.25, 0.3) is 0 Å². The summed E-state index contributed by atoms with van der Waals surface area (Å²) in [5, 5.41) is 11.0. The molecule has 6 heteroatoms. The minimum Gasteiger partial charge on any atom is -0.364 e. The molecule has 1 aliphatic carbocycles. The fourth-order valence-electron chi connectivity index (χ4n) is 2.79. The number of aromatic nitrogens is 1. The molecule has 2 atom stereocenters. The number of nitrogens with zero attached hydrogens (tertiary/aromatic N) is 3. The van der Waals surface area contributed by atoms with Gasteiger partial charge in [0.05, 0.1) is 0 Å². The smallest absolute Gasteiger partial charge is 0.364 e. The number of hydrogen-bond acceptors (Lipinski definition) is 5. The van der Waals surface area contributed by atoms with Crippen molar-refractivity contribution in [3.05, 3.63) is 28.4 Å². The van der Waals surface area contributed by atoms with Crippen LogP contribution in [-0.2, 0) is 0 Å². The van der Waals surface area contributed by atoms with E-state index in [0.717, 1.165) is 19.3 Å². The normalized spacial score (nSPS) is 23.0. The molecule has 2 unspecified atom stereocenters. The first kappa shape index (κ1) is 12.8. The van der Waals surface area contributed by atoms with Crippen LogP contribution in [0.3, 0.4) is 0 Å². The Morgan fingerprint density at radius 1 is 1.61 bits per heavy atom. The molecular formula is C12H18N4O2. The van der Waals surface area contributed by atoms with Crippen molar-refractivity contribution < 1.29 is 4.92 Å². The molecule has 0 saturated heterocycles. The van der Waals surface area contributed by atoms with Crippen LogP contribution in [0.2, 0.25) is 0 Å². The van der Waals surface area contributed by atoms with Gasteiger partial charge in [-0.3, -0.25) is 0 Å². The highest BCUT2D eigenvalue weighted by molar-refractivity contribution is 5.59. The zero-order chi connectivity index (χ0) is 13.1. The van der Waals surface area contributed by atoms with Crippen molar-refractivity contribution in [2.24, 2.45) is 11.7 Å². The first-order valence-corrected chi connectivity index (χ1v) is 6.17. The molecule has 0 spiro atoms. The van der Waals surface area contributed by atoms with Crippen LogP contribution in [-0.4, -0.2) is 29.5 Å². The molecule has 6 nitrogen and oxygen atoms in total. The largest absolute Gasteiger partial charge is 0.387 e. The van der Waals surface area contributed by atoms with E-state index in [9.17, 15) is 10.1 Å². The molecule has 0 radical (unpaired) electrons. The summed E-state index contributed by atoms with van der Waals surface area (Å²) in [6.45, 7) is 0.628. The topological polar surface area (TPSA) is 85.3 Å². The number of anilines is 1. The van der Waals surface area contributed by atoms with E-state index in [1.165, 1.54) is 6.20 Å². The van der Waals surface area contributed by atoms with Crippen molar-refractivity contribution >= 4 is 11.5 Å². The van der Waals surface area contributed by atoms with Crippen molar-refractivity contribution in [1.29, 1.82) is 0 Å². The van der Waals surface area contributed by atoms with Gasteiger partial charge in [-0.05, 0) is 47.3 Å². The van der Waals surface area contributed by atoms with Crippen LogP contribution in [0.4, 0.5) is 11.5 Å². The summed E-state index contributed by atoms with van der Waals surface area (Å²) in [6, 6.07) is 3.75. The standard InChI is InChI=1S/C12H18N4O2/c1-15(10-5-2-4-9(10)8-13)11-6-3-7-14-12(11)16(17)18/h3,6-7,9-10H,2,4-5,8,13H2,1H3. The van der Waals surface area contributed by atoms with Crippen LogP contribution in [0.5, 0.6) is 0 Å². The van der Waals surface area contributed by atoms with Gasteiger partial charge in [-0.15, -0.1) is 0 Å². The van der Waals surface area contributed by atoms with Gasteiger partial charge in [0, 0.05) is 13.1 Å². The second kappa shape index (κ2) is 5.30. The lowest BCUT2D eigenvalue weighted by Gasteiger charge is -2.30. The maximum Gasteiger partial charge on any atom is 0.387 e. The van der Waals surface area contributed by atoms with E-state index in [4.69, 9.17) is 5.73 Å². The van der Waals surface area contributed by atoms with Gasteiger partial charge in [-0.25, -0.2) is 0 Å². The molecule has 0 aliphatic heterocycles. The summed E-state index contributed by atoms with van der Waals surface area (Å²) in [4.78, 5) is 16.4. The minimum atomic E-state index is -0.432. The van der Waals surface area contributed by atoms with Crippen molar-refractivity contribution in [2.75, 3.05) is 18.5 Å². The van der Waals surface area contributed by atoms with Crippen molar-refractivity contribution in [3.63, 3.8) is 0 Å². The molecular weight excluding hydrogens is 232 g/mol. The monoisotopic (exact) mass is 250 g/mol. The molecule has 1 saturated carbocycles. The average Bonchev–Trinajstić information content (AvgIpc) is 2.86. The second-order valence-electron chi connectivity index (χ2n) is 4.71. The van der Waals surface area contributed by atoms with E-state index in [-0.39, 0.29) is 11.9 Å². The molecule has 0 bridgehead atoms. The summed E-state index contributed by atoms with van der Waals surface area (Å²) < 4.78 is 0. The van der Waals surface area contributed by atoms with Crippen LogP contribution in [0.1, 0.15) is 19.3 Å². The van der Waals surface area contributed by atoms with Crippen molar-refractivity contribution in [2.45, 2.75) is 25.3 Å². The van der Waals surface area contributed by atoms with Gasteiger partial charge in [0.25, 0.3) is 0 Å². The molecule has 18 heavy (non-hydrogen) atoms. The first-order chi connectivity index (χ1) is 8.65. The van der Waals surface area contributed by atoms with Crippen molar-refractivity contribution in [3.8, 4) is 0 Å². The zero-order valence-corrected chi connectivity index (χ0v) is 10.5. The maximum absolute atomic E-state index is 11.0. The molecule has 98 valence electrons. The second-order valence-corrected chi connectivity index (χ2v) is 4.71. The molecule has 0 aromatic carbocycles. The Labute approximate surface area is 106 Å². The minimum absolute atomic E-state index is 0.0809. The zero-order valence-electron chi connectivity index (χ0n) is 10.5. The number of hydrogen-bond donors (Lipinski definition) is 1. The predicted octanol–water partition coefficient (Wildman–Crippen LogP) is 1.55. The third kappa shape index (κ3) is 2.28. The van der Waals surface area contributed by atoms with Gasteiger partial charge in [-0.1, -0.05) is 6.42 Å². The van der Waals surface area contributed by atoms with Gasteiger partial charge in [0.2, 0.25) is 0 Å². The number of nitrogens with two attached hydrogens (primary N) is 1. The molecule has 1 aromatic heterocycles. The summed E-state index contributed by atoms with van der Waals surface area (Å²) in [6.07, 6.45) is 4.71. The Bertz CT molecular complexity index is 438. The predicted molar refractivity (Wildman–Crippen MR) is 69.5 cm³/mol. The Morgan fingerprint density at radius 3 is 3.06 bits per heavy atom. The number of nitro groups is 1. The van der Waals surface area contributed by atoms with E-state index in [2.05, 4.69) is 4.98 Å². The fraction of sp³-hybridized carbons (Fsp3) is 0.583. The fourth-order valence-corrected chi connectivity index (χ4v) is 2.79. The van der Waals surface area contributed by atoms with Gasteiger partial charge in [0.15, 0.2) is 0 Å². The number of pyridine rings is 1. The maximum atomic E-state index is 11.0. The first-order valence-electron chi connectivity index (χ1n) is 6.17. The highest BCUT2D eigenvalue weighted by atomic mass is 16.6. The highest BCUT2D eigenvalue weighted by Gasteiger charge is 2.32. The lowest BCUT2D eigenvalue weighted by Crippen LogP contribution is -2.38. The summed E-state index contributed by atoms with van der Waals surface area (Å²) in [7, 11) is 1.89. The third-order valence-corrected chi connectivity index (χ3v) is 3.74. The van der Waals surface area contributed by atoms with E-state index < -0.39 is 4.92 Å². The van der Waals surface area contributed by atoms with E-state index >= 15 is 0 Å². The van der Waals surface area contributed by atoms with Gasteiger partial charge in [-0.2, -0.15) is 0 Å². The summed E-state index contributed by atoms with van der Waals surface area (Å²) in [5.74, 6) is 0.331. The highest BCUT2D eigenvalue weighted by Crippen LogP contribution is 2.34. The average molecular weight is 250 g/mol. The van der Waals surface area contributed by atoms with Crippen molar-refractivity contribution in [1.82, 2.24) is 4.98 Å². The molecule has 2 N–H and O–H groups in total. The molecule has 1 aromatic rings. The molecule has 1 aliphatic rings. The summed E-state index contributed by atoms with van der Waals surface area (Å²) >= 11 is 0. The number of rotatable bonds is 4. The van der Waals surface area contributed by atoms with E-state index in [0.29, 0.717) is 18.2 Å². The van der Waals surface area contributed by atoms with E-state index in [1.807, 2.05) is 11.9 Å². The SMILES string of the molecule is CN(c1cccnc1[N+](=O)[O-])C1CCCC1CN. The lowest BCUT2D eigenvalue weighted by molar-refractivity contribution is -0.388. The molecule has 1 heterocycles. The van der Waals surface area contributed by atoms with E-state index in [1.54, 1.807) is 12.1 Å². The van der Waals surface area contributed by atoms with Crippen LogP contribution in [0.15, 0.2) is 18.3 Å². The molecule has 1 fully saturated rings.